The molecular formula is C25H38ClN3O5. The fraction of sp³-hybridized carbons (Fsp3) is 0.640. The summed E-state index contributed by atoms with van der Waals surface area (Å²) in [6.07, 6.45) is 0.0954. The molecule has 1 aliphatic heterocycles. The molecule has 0 unspecified atom stereocenters. The number of likely N-dealkylation sites (tertiary alicyclic amines) is 1. The molecule has 3 atom stereocenters. The third-order valence-corrected chi connectivity index (χ3v) is 5.94. The van der Waals surface area contributed by atoms with Gasteiger partial charge in [-0.3, -0.25) is 14.5 Å². The lowest BCUT2D eigenvalue weighted by molar-refractivity contribution is -0.146. The highest BCUT2D eigenvalue weighted by Gasteiger charge is 2.41. The van der Waals surface area contributed by atoms with Gasteiger partial charge in [0, 0.05) is 37.6 Å². The third kappa shape index (κ3) is 8.17. The number of ether oxygens (including phenoxy) is 2. The van der Waals surface area contributed by atoms with Gasteiger partial charge in [-0.2, -0.15) is 0 Å². The summed E-state index contributed by atoms with van der Waals surface area (Å²) in [5.74, 6) is -0.187. The maximum atomic E-state index is 13.6. The van der Waals surface area contributed by atoms with Gasteiger partial charge >= 0.3 is 12.1 Å². The van der Waals surface area contributed by atoms with Gasteiger partial charge in [-0.05, 0) is 50.8 Å². The summed E-state index contributed by atoms with van der Waals surface area (Å²) < 4.78 is 10.4. The molecule has 1 heterocycles. The molecule has 2 amide bonds. The Morgan fingerprint density at radius 1 is 1.21 bits per heavy atom. The normalized spacial score (nSPS) is 19.6. The molecule has 1 saturated heterocycles. The van der Waals surface area contributed by atoms with Crippen LogP contribution in [0, 0.1) is 5.92 Å². The second-order valence-corrected chi connectivity index (χ2v) is 10.7. The number of methoxy groups -OCH3 is 1. The molecule has 0 aromatic heterocycles. The Kier molecular flexibility index (Phi) is 9.76. The molecule has 0 aliphatic carbocycles. The van der Waals surface area contributed by atoms with Gasteiger partial charge in [0.25, 0.3) is 0 Å². The first-order valence-corrected chi connectivity index (χ1v) is 12.0. The number of halogens is 1. The van der Waals surface area contributed by atoms with E-state index in [0.29, 0.717) is 23.9 Å². The van der Waals surface area contributed by atoms with Gasteiger partial charge in [-0.1, -0.05) is 37.6 Å². The van der Waals surface area contributed by atoms with Crippen molar-refractivity contribution in [1.29, 1.82) is 0 Å². The fourth-order valence-corrected chi connectivity index (χ4v) is 4.27. The Labute approximate surface area is 207 Å². The van der Waals surface area contributed by atoms with Crippen molar-refractivity contribution in [1.82, 2.24) is 15.1 Å². The molecule has 1 N–H and O–H groups in total. The third-order valence-electron chi connectivity index (χ3n) is 5.69. The summed E-state index contributed by atoms with van der Waals surface area (Å²) in [5.41, 5.74) is 0.160. The summed E-state index contributed by atoms with van der Waals surface area (Å²) >= 11 is 6.00. The molecule has 190 valence electrons. The van der Waals surface area contributed by atoms with Crippen LogP contribution in [0.15, 0.2) is 24.3 Å². The molecule has 0 spiro atoms. The van der Waals surface area contributed by atoms with Crippen molar-refractivity contribution < 1.29 is 23.9 Å². The maximum absolute atomic E-state index is 13.6. The van der Waals surface area contributed by atoms with Gasteiger partial charge in [-0.15, -0.1) is 0 Å². The van der Waals surface area contributed by atoms with Crippen molar-refractivity contribution in [3.8, 4) is 0 Å². The SMILES string of the molecule is COC(=O)[C@@H]1C[C@H](N(C)C(=O)[C@@H](Cc2ccc(Cl)cc2)NC(=O)OC(C)(C)C)CN1CC(C)C. The number of benzene rings is 1. The van der Waals surface area contributed by atoms with Gasteiger partial charge in [0.15, 0.2) is 0 Å². The van der Waals surface area contributed by atoms with Crippen molar-refractivity contribution in [3.63, 3.8) is 0 Å². The molecular weight excluding hydrogens is 458 g/mol. The molecule has 1 aromatic carbocycles. The minimum Gasteiger partial charge on any atom is -0.468 e. The van der Waals surface area contributed by atoms with Crippen molar-refractivity contribution in [2.45, 2.75) is 71.2 Å². The Morgan fingerprint density at radius 3 is 2.35 bits per heavy atom. The first kappa shape index (κ1) is 27.9. The first-order valence-electron chi connectivity index (χ1n) is 11.6. The fourth-order valence-electron chi connectivity index (χ4n) is 4.14. The standard InChI is InChI=1S/C25H38ClN3O5/c1-16(2)14-29-15-19(13-21(29)23(31)33-7)28(6)22(30)20(27-24(32)34-25(3,4)5)12-17-8-10-18(26)11-9-17/h8-11,16,19-21H,12-15H2,1-7H3,(H,27,32)/t19-,20+,21-/m0/s1. The number of likely N-dealkylation sites (N-methyl/N-ethyl adjacent to an activating group) is 1. The van der Waals surface area contributed by atoms with E-state index >= 15 is 0 Å². The average Bonchev–Trinajstić information content (AvgIpc) is 3.14. The van der Waals surface area contributed by atoms with Crippen LogP contribution >= 0.6 is 11.6 Å². The number of carbonyl (C=O) groups excluding carboxylic acids is 3. The van der Waals surface area contributed by atoms with E-state index < -0.39 is 23.8 Å². The molecule has 2 rings (SSSR count). The van der Waals surface area contributed by atoms with Gasteiger partial charge < -0.3 is 19.7 Å². The Balaban J connectivity index is 2.21. The van der Waals surface area contributed by atoms with E-state index in [0.717, 1.165) is 12.1 Å². The number of esters is 1. The highest BCUT2D eigenvalue weighted by molar-refractivity contribution is 6.30. The van der Waals surface area contributed by atoms with Crippen LogP contribution in [-0.4, -0.2) is 78.7 Å². The number of hydrogen-bond acceptors (Lipinski definition) is 6. The minimum atomic E-state index is -0.836. The summed E-state index contributed by atoms with van der Waals surface area (Å²) in [6.45, 7) is 10.8. The Hall–Kier alpha value is -2.32. The number of rotatable bonds is 8. The van der Waals surface area contributed by atoms with E-state index in [2.05, 4.69) is 24.1 Å². The maximum Gasteiger partial charge on any atom is 0.408 e. The van der Waals surface area contributed by atoms with Crippen LogP contribution in [0.2, 0.25) is 5.02 Å². The van der Waals surface area contributed by atoms with E-state index in [1.54, 1.807) is 44.9 Å². The second kappa shape index (κ2) is 11.9. The predicted octanol–water partition coefficient (Wildman–Crippen LogP) is 3.51. The highest BCUT2D eigenvalue weighted by atomic mass is 35.5. The van der Waals surface area contributed by atoms with Crippen molar-refractivity contribution in [2.75, 3.05) is 27.2 Å². The van der Waals surface area contributed by atoms with Crippen molar-refractivity contribution in [2.24, 2.45) is 5.92 Å². The molecule has 1 fully saturated rings. The number of carbonyl (C=O) groups is 3. The average molecular weight is 496 g/mol. The molecule has 1 aliphatic rings. The lowest BCUT2D eigenvalue weighted by atomic mass is 10.0. The van der Waals surface area contributed by atoms with Crippen LogP contribution in [0.25, 0.3) is 0 Å². The zero-order valence-electron chi connectivity index (χ0n) is 21.3. The molecule has 8 nitrogen and oxygen atoms in total. The largest absolute Gasteiger partial charge is 0.468 e. The van der Waals surface area contributed by atoms with Crippen LogP contribution < -0.4 is 5.32 Å². The van der Waals surface area contributed by atoms with E-state index in [9.17, 15) is 14.4 Å². The number of nitrogens with zero attached hydrogens (tertiary/aromatic N) is 2. The summed E-state index contributed by atoms with van der Waals surface area (Å²) in [5, 5.41) is 3.33. The Morgan fingerprint density at radius 2 is 1.82 bits per heavy atom. The van der Waals surface area contributed by atoms with Crippen LogP contribution in [-0.2, 0) is 25.5 Å². The molecule has 0 saturated carbocycles. The van der Waals surface area contributed by atoms with Crippen LogP contribution in [0.4, 0.5) is 4.79 Å². The lowest BCUT2D eigenvalue weighted by Crippen LogP contribution is -2.52. The van der Waals surface area contributed by atoms with E-state index in [-0.39, 0.29) is 24.3 Å². The number of amides is 2. The van der Waals surface area contributed by atoms with Gasteiger partial charge in [0.05, 0.1) is 7.11 Å². The summed E-state index contributed by atoms with van der Waals surface area (Å²) in [4.78, 5) is 42.2. The summed E-state index contributed by atoms with van der Waals surface area (Å²) in [6, 6.07) is 5.72. The zero-order valence-corrected chi connectivity index (χ0v) is 22.0. The predicted molar refractivity (Wildman–Crippen MR) is 132 cm³/mol. The van der Waals surface area contributed by atoms with E-state index in [4.69, 9.17) is 21.1 Å². The first-order chi connectivity index (χ1) is 15.8. The molecule has 1 aromatic rings. The van der Waals surface area contributed by atoms with Gasteiger partial charge in [0.2, 0.25) is 5.91 Å². The van der Waals surface area contributed by atoms with Crippen molar-refractivity contribution >= 4 is 29.6 Å². The molecule has 34 heavy (non-hydrogen) atoms. The van der Waals surface area contributed by atoms with E-state index in [1.807, 2.05) is 12.1 Å². The smallest absolute Gasteiger partial charge is 0.408 e. The van der Waals surface area contributed by atoms with E-state index in [1.165, 1.54) is 7.11 Å². The lowest BCUT2D eigenvalue weighted by Gasteiger charge is -2.30. The van der Waals surface area contributed by atoms with Gasteiger partial charge in [0.1, 0.15) is 17.7 Å². The van der Waals surface area contributed by atoms with Crippen molar-refractivity contribution in [3.05, 3.63) is 34.9 Å². The van der Waals surface area contributed by atoms with Gasteiger partial charge in [-0.25, -0.2) is 4.79 Å². The summed E-state index contributed by atoms with van der Waals surface area (Å²) in [7, 11) is 3.09. The van der Waals surface area contributed by atoms with Crippen LogP contribution in [0.1, 0.15) is 46.6 Å². The van der Waals surface area contributed by atoms with Crippen LogP contribution in [0.5, 0.6) is 0 Å². The van der Waals surface area contributed by atoms with Crippen LogP contribution in [0.3, 0.4) is 0 Å². The zero-order chi connectivity index (χ0) is 25.6. The Bertz CT molecular complexity index is 853. The molecule has 0 radical (unpaired) electrons. The second-order valence-electron chi connectivity index (χ2n) is 10.3. The monoisotopic (exact) mass is 495 g/mol. The molecule has 0 bridgehead atoms. The topological polar surface area (TPSA) is 88.2 Å². The highest BCUT2D eigenvalue weighted by Crippen LogP contribution is 2.25. The number of nitrogens with one attached hydrogen (secondary N) is 1. The molecule has 9 heteroatoms. The number of alkyl carbamates (subject to hydrolysis) is 1. The number of hydrogen-bond donors (Lipinski definition) is 1. The quantitative estimate of drug-likeness (QED) is 0.555. The minimum absolute atomic E-state index is 0.191.